The molecule has 0 radical (unpaired) electrons. The molecule has 3 N–H and O–H groups in total. The summed E-state index contributed by atoms with van der Waals surface area (Å²) >= 11 is 0. The van der Waals surface area contributed by atoms with Crippen LogP contribution in [0.25, 0.3) is 10.9 Å². The first-order valence-corrected chi connectivity index (χ1v) is 7.96. The Kier molecular flexibility index (Phi) is 6.17. The summed E-state index contributed by atoms with van der Waals surface area (Å²) in [5.74, 6) is -0.687. The molecule has 0 unspecified atom stereocenters. The van der Waals surface area contributed by atoms with Crippen LogP contribution < -0.4 is 16.1 Å². The van der Waals surface area contributed by atoms with Crippen molar-refractivity contribution in [2.24, 2.45) is 0 Å². The molecule has 0 bridgehead atoms. The van der Waals surface area contributed by atoms with E-state index in [-0.39, 0.29) is 41.9 Å². The van der Waals surface area contributed by atoms with Crippen molar-refractivity contribution >= 4 is 35.1 Å². The number of H-pyrrole nitrogens is 1. The first-order valence-electron chi connectivity index (χ1n) is 7.96. The fourth-order valence-corrected chi connectivity index (χ4v) is 2.90. The minimum absolute atomic E-state index is 0. The van der Waals surface area contributed by atoms with Crippen LogP contribution in [0.2, 0.25) is 0 Å². The molecule has 134 valence electrons. The third-order valence-corrected chi connectivity index (χ3v) is 4.25. The van der Waals surface area contributed by atoms with Gasteiger partial charge in [0, 0.05) is 42.8 Å². The predicted molar refractivity (Wildman–Crippen MR) is 98.2 cm³/mol. The molecule has 0 spiro atoms. The van der Waals surface area contributed by atoms with Crippen LogP contribution in [0.5, 0.6) is 0 Å². The standard InChI is InChI=1S/C17H20N4O3.ClH/c1-11-8-18-6-7-21(11)15(22)10-20-17(24)13-9-19-14-5-3-2-4-12(14)16(13)23;/h2-5,9,11,18H,6-8,10H2,1H3,(H,19,23)(H,20,24);1H/t11-;/m0./s1. The maximum Gasteiger partial charge on any atom is 0.257 e. The van der Waals surface area contributed by atoms with E-state index in [4.69, 9.17) is 0 Å². The second kappa shape index (κ2) is 8.13. The quantitative estimate of drug-likeness (QED) is 0.739. The lowest BCUT2D eigenvalue weighted by Gasteiger charge is -2.34. The van der Waals surface area contributed by atoms with E-state index in [9.17, 15) is 14.4 Å². The summed E-state index contributed by atoms with van der Waals surface area (Å²) in [7, 11) is 0. The maximum absolute atomic E-state index is 12.4. The molecule has 1 saturated heterocycles. The highest BCUT2D eigenvalue weighted by atomic mass is 35.5. The number of para-hydroxylation sites is 1. The number of aromatic nitrogens is 1. The van der Waals surface area contributed by atoms with E-state index in [0.717, 1.165) is 13.1 Å². The van der Waals surface area contributed by atoms with Gasteiger partial charge in [0.05, 0.1) is 6.54 Å². The van der Waals surface area contributed by atoms with Gasteiger partial charge in [-0.2, -0.15) is 0 Å². The minimum atomic E-state index is -0.543. The molecule has 25 heavy (non-hydrogen) atoms. The van der Waals surface area contributed by atoms with E-state index < -0.39 is 5.91 Å². The first-order chi connectivity index (χ1) is 11.6. The maximum atomic E-state index is 12.4. The number of hydrogen-bond acceptors (Lipinski definition) is 4. The third-order valence-electron chi connectivity index (χ3n) is 4.25. The molecule has 1 aliphatic heterocycles. The zero-order valence-electron chi connectivity index (χ0n) is 13.9. The normalized spacial score (nSPS) is 17.0. The number of hydrogen-bond donors (Lipinski definition) is 3. The monoisotopic (exact) mass is 364 g/mol. The Morgan fingerprint density at radius 2 is 2.08 bits per heavy atom. The Balaban J connectivity index is 0.00000225. The number of carbonyl (C=O) groups is 2. The van der Waals surface area contributed by atoms with Crippen molar-refractivity contribution < 1.29 is 9.59 Å². The molecule has 2 heterocycles. The molecular formula is C17H21ClN4O3. The number of fused-ring (bicyclic) bond motifs is 1. The molecule has 0 aliphatic carbocycles. The Morgan fingerprint density at radius 1 is 1.32 bits per heavy atom. The van der Waals surface area contributed by atoms with Crippen LogP contribution in [-0.4, -0.2) is 53.9 Å². The molecule has 1 fully saturated rings. The molecule has 1 aliphatic rings. The SMILES string of the molecule is C[C@H]1CNCCN1C(=O)CNC(=O)c1c[nH]c2ccccc2c1=O.Cl. The summed E-state index contributed by atoms with van der Waals surface area (Å²) in [6.07, 6.45) is 1.39. The van der Waals surface area contributed by atoms with Gasteiger partial charge >= 0.3 is 0 Å². The summed E-state index contributed by atoms with van der Waals surface area (Å²) in [5.41, 5.74) is 0.337. The van der Waals surface area contributed by atoms with Gasteiger partial charge < -0.3 is 20.5 Å². The number of nitrogens with zero attached hydrogens (tertiary/aromatic N) is 1. The molecule has 2 aromatic rings. The van der Waals surface area contributed by atoms with Crippen molar-refractivity contribution in [3.05, 3.63) is 46.2 Å². The van der Waals surface area contributed by atoms with Crippen molar-refractivity contribution in [2.45, 2.75) is 13.0 Å². The Labute approximate surface area is 151 Å². The number of piperazine rings is 1. The Hall–Kier alpha value is -2.38. The number of carbonyl (C=O) groups excluding carboxylic acids is 2. The average Bonchev–Trinajstić information content (AvgIpc) is 2.60. The van der Waals surface area contributed by atoms with Crippen LogP contribution in [0.3, 0.4) is 0 Å². The zero-order valence-corrected chi connectivity index (χ0v) is 14.7. The van der Waals surface area contributed by atoms with Crippen LogP contribution in [0, 0.1) is 0 Å². The van der Waals surface area contributed by atoms with Gasteiger partial charge in [-0.15, -0.1) is 12.4 Å². The molecule has 2 amide bonds. The van der Waals surface area contributed by atoms with Gasteiger partial charge in [-0.3, -0.25) is 14.4 Å². The van der Waals surface area contributed by atoms with Gasteiger partial charge in [-0.05, 0) is 19.1 Å². The molecule has 8 heteroatoms. The molecule has 1 aromatic carbocycles. The summed E-state index contributed by atoms with van der Waals surface area (Å²) in [6.45, 7) is 3.94. The summed E-state index contributed by atoms with van der Waals surface area (Å²) in [4.78, 5) is 41.6. The van der Waals surface area contributed by atoms with Crippen LogP contribution in [0.4, 0.5) is 0 Å². The van der Waals surface area contributed by atoms with E-state index in [1.54, 1.807) is 23.1 Å². The lowest BCUT2D eigenvalue weighted by atomic mass is 10.1. The Bertz CT molecular complexity index is 836. The smallest absolute Gasteiger partial charge is 0.257 e. The lowest BCUT2D eigenvalue weighted by molar-refractivity contribution is -0.132. The molecule has 1 atom stereocenters. The second-order valence-corrected chi connectivity index (χ2v) is 5.90. The van der Waals surface area contributed by atoms with E-state index in [1.807, 2.05) is 13.0 Å². The Morgan fingerprint density at radius 3 is 2.84 bits per heavy atom. The van der Waals surface area contributed by atoms with E-state index >= 15 is 0 Å². The largest absolute Gasteiger partial charge is 0.360 e. The van der Waals surface area contributed by atoms with Crippen molar-refractivity contribution in [1.29, 1.82) is 0 Å². The van der Waals surface area contributed by atoms with E-state index in [1.165, 1.54) is 6.20 Å². The number of nitrogens with one attached hydrogen (secondary N) is 3. The van der Waals surface area contributed by atoms with E-state index in [0.29, 0.717) is 17.4 Å². The molecule has 0 saturated carbocycles. The predicted octanol–water partition coefficient (Wildman–Crippen LogP) is 0.500. The van der Waals surface area contributed by atoms with Crippen molar-refractivity contribution in [3.8, 4) is 0 Å². The van der Waals surface area contributed by atoms with Gasteiger partial charge in [0.1, 0.15) is 5.56 Å². The van der Waals surface area contributed by atoms with Crippen LogP contribution >= 0.6 is 12.4 Å². The fourth-order valence-electron chi connectivity index (χ4n) is 2.90. The number of rotatable bonds is 3. The number of benzene rings is 1. The van der Waals surface area contributed by atoms with Crippen LogP contribution in [0.1, 0.15) is 17.3 Å². The highest BCUT2D eigenvalue weighted by molar-refractivity contribution is 5.98. The topological polar surface area (TPSA) is 94.3 Å². The summed E-state index contributed by atoms with van der Waals surface area (Å²) < 4.78 is 0. The number of aromatic amines is 1. The first kappa shape index (κ1) is 19.0. The highest BCUT2D eigenvalue weighted by Gasteiger charge is 2.23. The molecule has 7 nitrogen and oxygen atoms in total. The van der Waals surface area contributed by atoms with Crippen molar-refractivity contribution in [3.63, 3.8) is 0 Å². The van der Waals surface area contributed by atoms with Crippen molar-refractivity contribution in [2.75, 3.05) is 26.2 Å². The number of amides is 2. The van der Waals surface area contributed by atoms with Gasteiger partial charge in [-0.25, -0.2) is 0 Å². The van der Waals surface area contributed by atoms with Gasteiger partial charge in [-0.1, -0.05) is 12.1 Å². The van der Waals surface area contributed by atoms with Gasteiger partial charge in [0.2, 0.25) is 11.3 Å². The highest BCUT2D eigenvalue weighted by Crippen LogP contribution is 2.07. The van der Waals surface area contributed by atoms with Crippen LogP contribution in [-0.2, 0) is 4.79 Å². The van der Waals surface area contributed by atoms with Crippen LogP contribution in [0.15, 0.2) is 35.3 Å². The van der Waals surface area contributed by atoms with Gasteiger partial charge in [0.15, 0.2) is 0 Å². The summed E-state index contributed by atoms with van der Waals surface area (Å²) in [5, 5.41) is 6.21. The average molecular weight is 365 g/mol. The van der Waals surface area contributed by atoms with Gasteiger partial charge in [0.25, 0.3) is 5.91 Å². The van der Waals surface area contributed by atoms with E-state index in [2.05, 4.69) is 15.6 Å². The zero-order chi connectivity index (χ0) is 17.1. The number of halogens is 1. The molecule has 3 rings (SSSR count). The fraction of sp³-hybridized carbons (Fsp3) is 0.353. The van der Waals surface area contributed by atoms with Crippen molar-refractivity contribution in [1.82, 2.24) is 20.5 Å². The number of pyridine rings is 1. The lowest BCUT2D eigenvalue weighted by Crippen LogP contribution is -2.54. The third kappa shape index (κ3) is 4.00. The minimum Gasteiger partial charge on any atom is -0.360 e. The molecular weight excluding hydrogens is 344 g/mol. The second-order valence-electron chi connectivity index (χ2n) is 5.90. The summed E-state index contributed by atoms with van der Waals surface area (Å²) in [6, 6.07) is 7.08. The molecule has 1 aromatic heterocycles.